The lowest BCUT2D eigenvalue weighted by atomic mass is 10.0. The van der Waals surface area contributed by atoms with Gasteiger partial charge in [-0.25, -0.2) is 13.4 Å². The summed E-state index contributed by atoms with van der Waals surface area (Å²) in [5.41, 5.74) is 5.16. The van der Waals surface area contributed by atoms with E-state index in [-0.39, 0.29) is 0 Å². The summed E-state index contributed by atoms with van der Waals surface area (Å²) in [7, 11) is -3.51. The number of hydrogen-bond acceptors (Lipinski definition) is 6. The Labute approximate surface area is 191 Å². The summed E-state index contributed by atoms with van der Waals surface area (Å²) in [6.45, 7) is 3.24. The van der Waals surface area contributed by atoms with Crippen molar-refractivity contribution in [1.29, 1.82) is 0 Å². The van der Waals surface area contributed by atoms with Crippen LogP contribution in [0.5, 0.6) is 0 Å². The Hall–Kier alpha value is -2.26. The number of hydrogen-bond donors (Lipinski definition) is 1. The van der Waals surface area contributed by atoms with Crippen LogP contribution in [0.4, 0.5) is 5.13 Å². The fourth-order valence-electron chi connectivity index (χ4n) is 3.52. The maximum Gasteiger partial charge on any atom is 0.243 e. The molecule has 9 heteroatoms. The molecule has 0 bridgehead atoms. The number of thiazole rings is 1. The molecule has 0 aliphatic carbocycles. The van der Waals surface area contributed by atoms with Gasteiger partial charge >= 0.3 is 0 Å². The average Bonchev–Trinajstić information content (AvgIpc) is 3.24. The van der Waals surface area contributed by atoms with Gasteiger partial charge in [-0.3, -0.25) is 5.43 Å². The Balaban J connectivity index is 1.50. The topological polar surface area (TPSA) is 74.7 Å². The van der Waals surface area contributed by atoms with Crippen LogP contribution in [-0.2, 0) is 10.0 Å². The van der Waals surface area contributed by atoms with E-state index in [1.807, 2.05) is 29.6 Å². The average molecular weight is 475 g/mol. The number of nitrogens with one attached hydrogen (secondary N) is 1. The van der Waals surface area contributed by atoms with Gasteiger partial charge in [-0.1, -0.05) is 48.9 Å². The Bertz CT molecular complexity index is 1190. The fraction of sp³-hybridized carbons (Fsp3) is 0.273. The smallest absolute Gasteiger partial charge is 0.243 e. The third-order valence-electron chi connectivity index (χ3n) is 5.16. The zero-order valence-corrected chi connectivity index (χ0v) is 19.4. The monoisotopic (exact) mass is 474 g/mol. The van der Waals surface area contributed by atoms with E-state index >= 15 is 0 Å². The van der Waals surface area contributed by atoms with Gasteiger partial charge in [0.05, 0.1) is 16.8 Å². The molecule has 2 aromatic carbocycles. The number of rotatable bonds is 6. The summed E-state index contributed by atoms with van der Waals surface area (Å²) in [6, 6.07) is 14.4. The van der Waals surface area contributed by atoms with E-state index in [2.05, 4.69) is 22.4 Å². The predicted molar refractivity (Wildman–Crippen MR) is 127 cm³/mol. The SMILES string of the molecule is CC1CCCN(S(=O)(=O)c2cccc(-c3csc(N/N=C/c4ccccc4Cl)n3)c2)C1. The maximum atomic E-state index is 13.1. The van der Waals surface area contributed by atoms with E-state index in [9.17, 15) is 8.42 Å². The number of hydrazone groups is 1. The van der Waals surface area contributed by atoms with E-state index in [1.165, 1.54) is 11.3 Å². The van der Waals surface area contributed by atoms with Crippen molar-refractivity contribution in [2.45, 2.75) is 24.7 Å². The zero-order chi connectivity index (χ0) is 21.8. The molecular formula is C22H23ClN4O2S2. The van der Waals surface area contributed by atoms with Crippen LogP contribution in [0.3, 0.4) is 0 Å². The van der Waals surface area contributed by atoms with Crippen LogP contribution < -0.4 is 5.43 Å². The third kappa shape index (κ3) is 5.15. The first-order valence-electron chi connectivity index (χ1n) is 10.0. The van der Waals surface area contributed by atoms with Gasteiger partial charge in [-0.05, 0) is 37.0 Å². The van der Waals surface area contributed by atoms with Gasteiger partial charge in [-0.2, -0.15) is 9.41 Å². The summed E-state index contributed by atoms with van der Waals surface area (Å²) in [4.78, 5) is 4.84. The van der Waals surface area contributed by atoms with Crippen molar-refractivity contribution < 1.29 is 8.42 Å². The van der Waals surface area contributed by atoms with Gasteiger partial charge < -0.3 is 0 Å². The Kier molecular flexibility index (Phi) is 6.71. The molecule has 1 N–H and O–H groups in total. The number of benzene rings is 2. The van der Waals surface area contributed by atoms with E-state index in [0.29, 0.717) is 39.8 Å². The molecular weight excluding hydrogens is 452 g/mol. The van der Waals surface area contributed by atoms with Crippen molar-refractivity contribution in [2.24, 2.45) is 11.0 Å². The standard InChI is InChI=1S/C22H23ClN4O2S2/c1-16-6-5-11-27(14-16)31(28,29)19-9-4-8-17(12-19)21-15-30-22(25-21)26-24-13-18-7-2-3-10-20(18)23/h2-4,7-10,12-13,15-16H,5-6,11,14H2,1H3,(H,25,26)/b24-13+. The molecule has 3 aromatic rings. The van der Waals surface area contributed by atoms with E-state index in [1.54, 1.807) is 34.8 Å². The molecule has 1 saturated heterocycles. The van der Waals surface area contributed by atoms with Gasteiger partial charge in [0, 0.05) is 34.6 Å². The van der Waals surface area contributed by atoms with Crippen molar-refractivity contribution in [3.63, 3.8) is 0 Å². The Morgan fingerprint density at radius 3 is 2.90 bits per heavy atom. The minimum Gasteiger partial charge on any atom is -0.253 e. The lowest BCUT2D eigenvalue weighted by Gasteiger charge is -2.30. The highest BCUT2D eigenvalue weighted by atomic mass is 35.5. The quantitative estimate of drug-likeness (QED) is 0.387. The number of piperidine rings is 1. The molecule has 1 aliphatic heterocycles. The zero-order valence-electron chi connectivity index (χ0n) is 17.0. The molecule has 6 nitrogen and oxygen atoms in total. The lowest BCUT2D eigenvalue weighted by molar-refractivity contribution is 0.281. The molecule has 162 valence electrons. The Morgan fingerprint density at radius 1 is 1.26 bits per heavy atom. The van der Waals surface area contributed by atoms with Crippen molar-refractivity contribution in [3.05, 3.63) is 64.5 Å². The molecule has 1 atom stereocenters. The molecule has 2 heterocycles. The van der Waals surface area contributed by atoms with Gasteiger partial charge in [-0.15, -0.1) is 11.3 Å². The molecule has 0 saturated carbocycles. The van der Waals surface area contributed by atoms with Gasteiger partial charge in [0.25, 0.3) is 0 Å². The second kappa shape index (κ2) is 9.48. The Morgan fingerprint density at radius 2 is 2.10 bits per heavy atom. The van der Waals surface area contributed by atoms with E-state index in [4.69, 9.17) is 11.6 Å². The molecule has 0 amide bonds. The third-order valence-corrected chi connectivity index (χ3v) is 8.11. The summed E-state index contributed by atoms with van der Waals surface area (Å²) in [6.07, 6.45) is 3.60. The van der Waals surface area contributed by atoms with Crippen LogP contribution in [0.1, 0.15) is 25.3 Å². The number of halogens is 1. The summed E-state index contributed by atoms with van der Waals surface area (Å²) in [5.74, 6) is 0.380. The number of anilines is 1. The molecule has 31 heavy (non-hydrogen) atoms. The first-order chi connectivity index (χ1) is 14.9. The van der Waals surface area contributed by atoms with Crippen molar-refractivity contribution in [1.82, 2.24) is 9.29 Å². The lowest BCUT2D eigenvalue weighted by Crippen LogP contribution is -2.39. The summed E-state index contributed by atoms with van der Waals surface area (Å²) >= 11 is 7.52. The molecule has 1 aliphatic rings. The summed E-state index contributed by atoms with van der Waals surface area (Å²) < 4.78 is 27.8. The molecule has 0 spiro atoms. The van der Waals surface area contributed by atoms with Gasteiger partial charge in [0.1, 0.15) is 0 Å². The highest BCUT2D eigenvalue weighted by Crippen LogP contribution is 2.29. The van der Waals surface area contributed by atoms with Crippen LogP contribution in [-0.4, -0.2) is 37.0 Å². The minimum atomic E-state index is -3.51. The highest BCUT2D eigenvalue weighted by molar-refractivity contribution is 7.89. The molecule has 4 rings (SSSR count). The van der Waals surface area contributed by atoms with Crippen molar-refractivity contribution in [2.75, 3.05) is 18.5 Å². The predicted octanol–water partition coefficient (Wildman–Crippen LogP) is 5.33. The number of nitrogens with zero attached hydrogens (tertiary/aromatic N) is 3. The van der Waals surface area contributed by atoms with E-state index in [0.717, 1.165) is 24.0 Å². The fourth-order valence-corrected chi connectivity index (χ4v) is 6.02. The second-order valence-corrected chi connectivity index (χ2v) is 10.8. The molecule has 1 aromatic heterocycles. The largest absolute Gasteiger partial charge is 0.253 e. The first kappa shape index (κ1) is 22.0. The van der Waals surface area contributed by atoms with Gasteiger partial charge in [0.2, 0.25) is 15.2 Å². The van der Waals surface area contributed by atoms with E-state index < -0.39 is 10.0 Å². The molecule has 1 unspecified atom stereocenters. The molecule has 0 radical (unpaired) electrons. The number of sulfonamides is 1. The van der Waals surface area contributed by atoms with Crippen LogP contribution in [0.15, 0.2) is 63.9 Å². The second-order valence-electron chi connectivity index (χ2n) is 7.57. The van der Waals surface area contributed by atoms with Crippen molar-refractivity contribution in [3.8, 4) is 11.3 Å². The van der Waals surface area contributed by atoms with Crippen LogP contribution in [0, 0.1) is 5.92 Å². The molecule has 1 fully saturated rings. The van der Waals surface area contributed by atoms with Crippen LogP contribution >= 0.6 is 22.9 Å². The maximum absolute atomic E-state index is 13.1. The minimum absolute atomic E-state index is 0.304. The van der Waals surface area contributed by atoms with Gasteiger partial charge in [0.15, 0.2) is 0 Å². The summed E-state index contributed by atoms with van der Waals surface area (Å²) in [5, 5.41) is 7.29. The highest BCUT2D eigenvalue weighted by Gasteiger charge is 2.28. The van der Waals surface area contributed by atoms with Crippen molar-refractivity contribution >= 4 is 44.3 Å². The normalized spacial score (nSPS) is 17.8. The van der Waals surface area contributed by atoms with Crippen LogP contribution in [0.25, 0.3) is 11.3 Å². The first-order valence-corrected chi connectivity index (χ1v) is 12.7. The number of aromatic nitrogens is 1. The van der Waals surface area contributed by atoms with Crippen LogP contribution in [0.2, 0.25) is 5.02 Å².